The van der Waals surface area contributed by atoms with Gasteiger partial charge in [0.2, 0.25) is 0 Å². The third-order valence-corrected chi connectivity index (χ3v) is 4.77. The van der Waals surface area contributed by atoms with Gasteiger partial charge >= 0.3 is 0 Å². The first kappa shape index (κ1) is 17.5. The van der Waals surface area contributed by atoms with E-state index >= 15 is 0 Å². The number of benzene rings is 2. The maximum Gasteiger partial charge on any atom is 0.171 e. The first-order valence-electron chi connectivity index (χ1n) is 7.64. The summed E-state index contributed by atoms with van der Waals surface area (Å²) in [5.41, 5.74) is 1.70. The Hall–Kier alpha value is -1.30. The van der Waals surface area contributed by atoms with E-state index in [9.17, 15) is 0 Å². The highest BCUT2D eigenvalue weighted by molar-refractivity contribution is 9.10. The molecule has 1 heterocycles. The molecule has 1 aliphatic heterocycles. The third-order valence-electron chi connectivity index (χ3n) is 3.82. The maximum atomic E-state index is 6.08. The van der Waals surface area contributed by atoms with Crippen LogP contribution in [0.25, 0.3) is 0 Å². The highest BCUT2D eigenvalue weighted by Gasteiger charge is 2.34. The van der Waals surface area contributed by atoms with Crippen LogP contribution in [0.4, 0.5) is 5.69 Å². The highest BCUT2D eigenvalue weighted by Crippen LogP contribution is 2.40. The predicted octanol–water partition coefficient (Wildman–Crippen LogP) is 5.69. The average molecular weight is 426 g/mol. The molecule has 3 rings (SSSR count). The van der Waals surface area contributed by atoms with Gasteiger partial charge in [0.25, 0.3) is 0 Å². The number of hydrogen-bond donors (Lipinski definition) is 2. The van der Waals surface area contributed by atoms with E-state index in [0.29, 0.717) is 10.1 Å². The second-order valence-corrected chi connectivity index (χ2v) is 8.17. The molecule has 2 N–H and O–H groups in total. The lowest BCUT2D eigenvalue weighted by molar-refractivity contribution is 0.0696. The van der Waals surface area contributed by atoms with Gasteiger partial charge in [0.1, 0.15) is 11.4 Å². The highest BCUT2D eigenvalue weighted by atomic mass is 79.9. The van der Waals surface area contributed by atoms with E-state index in [1.54, 1.807) is 0 Å². The van der Waals surface area contributed by atoms with Gasteiger partial charge in [0.15, 0.2) is 5.11 Å². The number of hydrogen-bond acceptors (Lipinski definition) is 2. The molecule has 0 bridgehead atoms. The van der Waals surface area contributed by atoms with Gasteiger partial charge in [-0.25, -0.2) is 0 Å². The van der Waals surface area contributed by atoms with Crippen molar-refractivity contribution < 1.29 is 4.74 Å². The van der Waals surface area contributed by atoms with Crippen molar-refractivity contribution in [2.75, 3.05) is 5.32 Å². The molecular weight excluding hydrogens is 408 g/mol. The topological polar surface area (TPSA) is 33.3 Å². The first-order chi connectivity index (χ1) is 11.3. The van der Waals surface area contributed by atoms with E-state index in [-0.39, 0.29) is 11.6 Å². The molecule has 0 fully saturated rings. The van der Waals surface area contributed by atoms with Gasteiger partial charge in [-0.05, 0) is 62.5 Å². The normalized spacial score (nSPS) is 18.2. The predicted molar refractivity (Wildman–Crippen MR) is 107 cm³/mol. The monoisotopic (exact) mass is 424 g/mol. The van der Waals surface area contributed by atoms with Crippen LogP contribution in [0.1, 0.15) is 31.9 Å². The molecule has 0 aromatic heterocycles. The largest absolute Gasteiger partial charge is 0.487 e. The van der Waals surface area contributed by atoms with Crippen molar-refractivity contribution in [3.63, 3.8) is 0 Å². The van der Waals surface area contributed by atoms with E-state index in [4.69, 9.17) is 28.6 Å². The zero-order valence-corrected chi connectivity index (χ0v) is 16.6. The Labute approximate surface area is 160 Å². The molecule has 3 nitrogen and oxygen atoms in total. The van der Waals surface area contributed by atoms with Crippen LogP contribution in [0.3, 0.4) is 0 Å². The van der Waals surface area contributed by atoms with Crippen molar-refractivity contribution in [1.29, 1.82) is 0 Å². The number of anilines is 1. The maximum absolute atomic E-state index is 6.08. The van der Waals surface area contributed by atoms with Gasteiger partial charge in [-0.1, -0.05) is 33.6 Å². The van der Waals surface area contributed by atoms with Crippen molar-refractivity contribution in [2.45, 2.75) is 31.9 Å². The van der Waals surface area contributed by atoms with Crippen LogP contribution in [0.2, 0.25) is 5.02 Å². The van der Waals surface area contributed by atoms with Crippen LogP contribution in [-0.2, 0) is 0 Å². The van der Waals surface area contributed by atoms with Crippen LogP contribution in [-0.4, -0.2) is 10.7 Å². The Bertz CT molecular complexity index is 781. The lowest BCUT2D eigenvalue weighted by Gasteiger charge is -2.38. The molecule has 2 aromatic rings. The number of rotatable bonds is 2. The Balaban J connectivity index is 1.79. The molecule has 24 heavy (non-hydrogen) atoms. The van der Waals surface area contributed by atoms with Crippen molar-refractivity contribution >= 4 is 50.5 Å². The fraction of sp³-hybridized carbons (Fsp3) is 0.278. The first-order valence-corrected chi connectivity index (χ1v) is 9.22. The number of thiocarbonyl (C=S) groups is 1. The van der Waals surface area contributed by atoms with Crippen molar-refractivity contribution in [3.8, 4) is 5.75 Å². The molecule has 2 aromatic carbocycles. The molecule has 0 spiro atoms. The van der Waals surface area contributed by atoms with Gasteiger partial charge in [0, 0.05) is 27.2 Å². The van der Waals surface area contributed by atoms with E-state index in [1.165, 1.54) is 0 Å². The third kappa shape index (κ3) is 4.21. The zero-order chi connectivity index (χ0) is 17.3. The van der Waals surface area contributed by atoms with E-state index in [2.05, 4.69) is 46.5 Å². The zero-order valence-electron chi connectivity index (χ0n) is 13.4. The Morgan fingerprint density at radius 3 is 2.83 bits per heavy atom. The number of ether oxygens (including phenoxy) is 1. The molecule has 0 aliphatic carbocycles. The quantitative estimate of drug-likeness (QED) is 0.605. The van der Waals surface area contributed by atoms with Crippen LogP contribution >= 0.6 is 39.7 Å². The second-order valence-electron chi connectivity index (χ2n) is 6.41. The average Bonchev–Trinajstić information content (AvgIpc) is 2.47. The molecule has 1 atom stereocenters. The van der Waals surface area contributed by atoms with Crippen LogP contribution in [0, 0.1) is 0 Å². The van der Waals surface area contributed by atoms with Gasteiger partial charge in [-0.15, -0.1) is 0 Å². The van der Waals surface area contributed by atoms with E-state index in [0.717, 1.165) is 27.9 Å². The van der Waals surface area contributed by atoms with E-state index < -0.39 is 0 Å². The van der Waals surface area contributed by atoms with Crippen molar-refractivity contribution in [1.82, 2.24) is 5.32 Å². The van der Waals surface area contributed by atoms with Crippen molar-refractivity contribution in [2.24, 2.45) is 0 Å². The number of fused-ring (bicyclic) bond motifs is 1. The lowest BCUT2D eigenvalue weighted by Crippen LogP contribution is -2.42. The summed E-state index contributed by atoms with van der Waals surface area (Å²) in [4.78, 5) is 0. The fourth-order valence-electron chi connectivity index (χ4n) is 2.85. The molecular formula is C18H18BrClN2OS. The van der Waals surface area contributed by atoms with Crippen LogP contribution < -0.4 is 15.4 Å². The summed E-state index contributed by atoms with van der Waals surface area (Å²) in [5, 5.41) is 7.82. The lowest BCUT2D eigenvalue weighted by atomic mass is 9.90. The number of nitrogens with one attached hydrogen (secondary N) is 2. The van der Waals surface area contributed by atoms with Crippen LogP contribution in [0.15, 0.2) is 46.9 Å². The Morgan fingerprint density at radius 2 is 2.08 bits per heavy atom. The molecule has 126 valence electrons. The van der Waals surface area contributed by atoms with Gasteiger partial charge in [-0.2, -0.15) is 0 Å². The van der Waals surface area contributed by atoms with Crippen molar-refractivity contribution in [3.05, 3.63) is 57.5 Å². The minimum Gasteiger partial charge on any atom is -0.487 e. The van der Waals surface area contributed by atoms with Crippen LogP contribution in [0.5, 0.6) is 5.75 Å². The summed E-state index contributed by atoms with van der Waals surface area (Å²) in [6, 6.07) is 13.6. The molecule has 6 heteroatoms. The molecule has 0 saturated heterocycles. The Kier molecular flexibility index (Phi) is 5.04. The minimum atomic E-state index is -0.260. The fourth-order valence-corrected chi connectivity index (χ4v) is 3.68. The second kappa shape index (κ2) is 6.90. The summed E-state index contributed by atoms with van der Waals surface area (Å²) in [5.74, 6) is 0.887. The molecule has 0 amide bonds. The Morgan fingerprint density at radius 1 is 1.29 bits per heavy atom. The standard InChI is InChI=1S/C18H18BrClN2OS/c1-18(2)10-15(14-8-11(19)6-7-16(14)23-18)22-17(24)21-13-5-3-4-12(20)9-13/h3-9,15H,10H2,1-2H3,(H2,21,22,24). The smallest absolute Gasteiger partial charge is 0.171 e. The summed E-state index contributed by atoms with van der Waals surface area (Å²) >= 11 is 15.0. The number of halogens is 2. The summed E-state index contributed by atoms with van der Waals surface area (Å²) in [6.07, 6.45) is 0.813. The van der Waals surface area contributed by atoms with Gasteiger partial charge in [-0.3, -0.25) is 0 Å². The minimum absolute atomic E-state index is 0.0698. The van der Waals surface area contributed by atoms with E-state index in [1.807, 2.05) is 36.4 Å². The molecule has 0 radical (unpaired) electrons. The molecule has 0 saturated carbocycles. The SMILES string of the molecule is CC1(C)CC(NC(=S)Nc2cccc(Cl)c2)c2cc(Br)ccc2O1. The summed E-state index contributed by atoms with van der Waals surface area (Å²) < 4.78 is 7.10. The van der Waals surface area contributed by atoms with Gasteiger partial charge < -0.3 is 15.4 Å². The molecule has 1 unspecified atom stereocenters. The summed E-state index contributed by atoms with van der Waals surface area (Å²) in [6.45, 7) is 4.17. The molecule has 1 aliphatic rings. The summed E-state index contributed by atoms with van der Waals surface area (Å²) in [7, 11) is 0. The van der Waals surface area contributed by atoms with Gasteiger partial charge in [0.05, 0.1) is 6.04 Å².